The monoisotopic (exact) mass is 193 g/mol. The average molecular weight is 193 g/mol. The number of nitrogens with one attached hydrogen (secondary N) is 1. The van der Waals surface area contributed by atoms with Crippen LogP contribution >= 0.6 is 0 Å². The predicted molar refractivity (Wildman–Crippen MR) is 51.8 cm³/mol. The van der Waals surface area contributed by atoms with Crippen LogP contribution in [-0.2, 0) is 0 Å². The molecule has 0 fully saturated rings. The highest BCUT2D eigenvalue weighted by molar-refractivity contribution is 5.66. The summed E-state index contributed by atoms with van der Waals surface area (Å²) in [7, 11) is 0. The summed E-state index contributed by atoms with van der Waals surface area (Å²) in [5, 5.41) is 23.7. The van der Waals surface area contributed by atoms with Gasteiger partial charge in [-0.05, 0) is 18.0 Å². The molecule has 0 aromatic carbocycles. The zero-order chi connectivity index (χ0) is 11.7. The average Bonchev–Trinajstić information content (AvgIpc) is 2.30. The SMILES string of the molecule is [C-]#[N+]/C(C#N)=C/C(=C=N)/C=C(\C#N)[N+]#[C-]. The summed E-state index contributed by atoms with van der Waals surface area (Å²) in [5.41, 5.74) is -0.429. The van der Waals surface area contributed by atoms with Crippen LogP contribution < -0.4 is 0 Å². The quantitative estimate of drug-likeness (QED) is 0.314. The van der Waals surface area contributed by atoms with Crippen LogP contribution in [0.3, 0.4) is 0 Å². The van der Waals surface area contributed by atoms with E-state index in [1.165, 1.54) is 0 Å². The molecule has 0 spiro atoms. The van der Waals surface area contributed by atoms with Crippen LogP contribution in [0.4, 0.5) is 0 Å². The minimum absolute atomic E-state index is 0.0371. The molecule has 0 bridgehead atoms. The fraction of sp³-hybridized carbons (Fsp3) is 0. The van der Waals surface area contributed by atoms with E-state index in [-0.39, 0.29) is 17.0 Å². The Balaban J connectivity index is 5.34. The van der Waals surface area contributed by atoms with Gasteiger partial charge in [0.2, 0.25) is 0 Å². The Labute approximate surface area is 86.6 Å². The number of allylic oxidation sites excluding steroid dienone is 5. The minimum atomic E-state index is -0.233. The molecule has 15 heavy (non-hydrogen) atoms. The number of nitrogens with zero attached hydrogens (tertiary/aromatic N) is 4. The molecule has 0 radical (unpaired) electrons. The molecule has 0 heterocycles. The van der Waals surface area contributed by atoms with Crippen LogP contribution in [0.1, 0.15) is 0 Å². The molecule has 0 aliphatic heterocycles. The van der Waals surface area contributed by atoms with E-state index < -0.39 is 0 Å². The number of hydrogen-bond donors (Lipinski definition) is 1. The number of nitriles is 2. The van der Waals surface area contributed by atoms with E-state index in [0.29, 0.717) is 0 Å². The Bertz CT molecular complexity index is 454. The van der Waals surface area contributed by atoms with Gasteiger partial charge >= 0.3 is 0 Å². The Morgan fingerprint density at radius 1 is 1.07 bits per heavy atom. The first-order valence-electron chi connectivity index (χ1n) is 3.50. The normalized spacial score (nSPS) is 9.87. The van der Waals surface area contributed by atoms with Gasteiger partial charge in [0.1, 0.15) is 0 Å². The topological polar surface area (TPSA) is 80.1 Å². The van der Waals surface area contributed by atoms with E-state index in [2.05, 4.69) is 9.69 Å². The lowest BCUT2D eigenvalue weighted by atomic mass is 10.2. The molecule has 0 saturated heterocycles. The smallest absolute Gasteiger partial charge is 0.258 e. The number of rotatable bonds is 2. The highest BCUT2D eigenvalue weighted by Gasteiger charge is 1.97. The Hall–Kier alpha value is -3.11. The van der Waals surface area contributed by atoms with Gasteiger partial charge in [-0.2, -0.15) is 0 Å². The molecule has 5 nitrogen and oxygen atoms in total. The van der Waals surface area contributed by atoms with Crippen molar-refractivity contribution >= 4 is 5.87 Å². The van der Waals surface area contributed by atoms with Gasteiger partial charge in [-0.1, -0.05) is 0 Å². The molecule has 0 aliphatic rings. The Morgan fingerprint density at radius 2 is 1.47 bits per heavy atom. The molecular weight excluding hydrogens is 190 g/mol. The maximum Gasteiger partial charge on any atom is 0.263 e. The highest BCUT2D eigenvalue weighted by atomic mass is 14.7. The van der Waals surface area contributed by atoms with Crippen molar-refractivity contribution in [3.63, 3.8) is 0 Å². The summed E-state index contributed by atoms with van der Waals surface area (Å²) in [4.78, 5) is 5.74. The van der Waals surface area contributed by atoms with Crippen LogP contribution in [0.5, 0.6) is 0 Å². The summed E-state index contributed by atoms with van der Waals surface area (Å²) >= 11 is 0. The number of hydrogen-bond acceptors (Lipinski definition) is 3. The van der Waals surface area contributed by atoms with Gasteiger partial charge in [0.15, 0.2) is 0 Å². The molecule has 1 N–H and O–H groups in total. The molecule has 5 heteroatoms. The van der Waals surface area contributed by atoms with Gasteiger partial charge in [0.05, 0.1) is 25.3 Å². The summed E-state index contributed by atoms with van der Waals surface area (Å²) in [5.74, 6) is 1.93. The summed E-state index contributed by atoms with van der Waals surface area (Å²) in [6, 6.07) is 3.20. The predicted octanol–water partition coefficient (Wildman–Crippen LogP) is 1.81. The molecular formula is C10H3N5. The first-order valence-corrected chi connectivity index (χ1v) is 3.50. The van der Waals surface area contributed by atoms with Gasteiger partial charge in [0.25, 0.3) is 11.4 Å². The van der Waals surface area contributed by atoms with Gasteiger partial charge in [-0.25, -0.2) is 20.2 Å². The van der Waals surface area contributed by atoms with Crippen LogP contribution in [0.15, 0.2) is 29.1 Å². The van der Waals surface area contributed by atoms with Crippen molar-refractivity contribution in [3.05, 3.63) is 52.0 Å². The van der Waals surface area contributed by atoms with Crippen LogP contribution in [-0.4, -0.2) is 5.87 Å². The van der Waals surface area contributed by atoms with E-state index in [1.54, 1.807) is 12.1 Å². The molecule has 0 unspecified atom stereocenters. The molecule has 68 valence electrons. The molecule has 0 amide bonds. The largest absolute Gasteiger partial charge is 0.263 e. The Morgan fingerprint density at radius 3 is 1.67 bits per heavy atom. The van der Waals surface area contributed by atoms with Gasteiger partial charge < -0.3 is 0 Å². The zero-order valence-electron chi connectivity index (χ0n) is 7.44. The summed E-state index contributed by atoms with van der Waals surface area (Å²) in [6.07, 6.45) is 2.17. The maximum atomic E-state index is 8.44. The molecule has 0 aliphatic carbocycles. The minimum Gasteiger partial charge on any atom is -0.258 e. The lowest BCUT2D eigenvalue weighted by molar-refractivity contribution is 1.47. The van der Waals surface area contributed by atoms with Crippen LogP contribution in [0.25, 0.3) is 9.69 Å². The second-order valence-electron chi connectivity index (χ2n) is 2.09. The summed E-state index contributed by atoms with van der Waals surface area (Å²) in [6.45, 7) is 13.2. The van der Waals surface area contributed by atoms with E-state index >= 15 is 0 Å². The fourth-order valence-electron chi connectivity index (χ4n) is 0.588. The highest BCUT2D eigenvalue weighted by Crippen LogP contribution is 2.06. The van der Waals surface area contributed by atoms with E-state index in [0.717, 1.165) is 12.2 Å². The maximum absolute atomic E-state index is 8.44. The van der Waals surface area contributed by atoms with Crippen molar-refractivity contribution in [1.82, 2.24) is 0 Å². The second kappa shape index (κ2) is 6.41. The van der Waals surface area contributed by atoms with Crippen molar-refractivity contribution in [2.24, 2.45) is 0 Å². The third-order valence-corrected chi connectivity index (χ3v) is 1.20. The third kappa shape index (κ3) is 3.88. The molecule has 0 atom stereocenters. The first kappa shape index (κ1) is 11.9. The fourth-order valence-corrected chi connectivity index (χ4v) is 0.588. The molecule has 0 rings (SSSR count). The van der Waals surface area contributed by atoms with Crippen LogP contribution in [0.2, 0.25) is 0 Å². The van der Waals surface area contributed by atoms with Crippen LogP contribution in [0, 0.1) is 41.2 Å². The van der Waals surface area contributed by atoms with E-state index in [9.17, 15) is 0 Å². The second-order valence-corrected chi connectivity index (χ2v) is 2.09. The summed E-state index contributed by atoms with van der Waals surface area (Å²) < 4.78 is 0. The van der Waals surface area contributed by atoms with E-state index in [4.69, 9.17) is 29.1 Å². The van der Waals surface area contributed by atoms with Crippen molar-refractivity contribution in [2.45, 2.75) is 0 Å². The van der Waals surface area contributed by atoms with Gasteiger partial charge in [0, 0.05) is 5.57 Å². The van der Waals surface area contributed by atoms with Crippen molar-refractivity contribution in [3.8, 4) is 12.1 Å². The van der Waals surface area contributed by atoms with E-state index in [1.807, 2.05) is 5.87 Å². The lowest BCUT2D eigenvalue weighted by Crippen LogP contribution is -1.78. The van der Waals surface area contributed by atoms with Crippen molar-refractivity contribution in [1.29, 1.82) is 15.9 Å². The third-order valence-electron chi connectivity index (χ3n) is 1.20. The molecule has 0 aromatic rings. The molecule has 0 aromatic heterocycles. The van der Waals surface area contributed by atoms with Crippen molar-refractivity contribution in [2.75, 3.05) is 0 Å². The zero-order valence-corrected chi connectivity index (χ0v) is 7.44. The van der Waals surface area contributed by atoms with Gasteiger partial charge in [-0.3, -0.25) is 5.41 Å². The lowest BCUT2D eigenvalue weighted by Gasteiger charge is -1.87. The first-order chi connectivity index (χ1) is 7.21. The van der Waals surface area contributed by atoms with Gasteiger partial charge in [-0.15, -0.1) is 0 Å². The van der Waals surface area contributed by atoms with Crippen molar-refractivity contribution < 1.29 is 0 Å². The Kier molecular flexibility index (Phi) is 5.08. The molecule has 0 saturated carbocycles. The standard InChI is InChI=1S/C10H3N5/c1-14-9(6-12)3-8(5-11)4-10(7-13)15-2/h3-4,11H/b9-3+,10-4+.